The molecule has 2 aliphatic rings. The molecule has 25 heavy (non-hydrogen) atoms. The average molecular weight is 360 g/mol. The molecular weight excluding hydrogens is 343 g/mol. The van der Waals surface area contributed by atoms with Gasteiger partial charge in [-0.2, -0.15) is 0 Å². The molecule has 0 N–H and O–H groups in total. The van der Waals surface area contributed by atoms with Crippen molar-refractivity contribution in [3.05, 3.63) is 47.9 Å². The van der Waals surface area contributed by atoms with Crippen molar-refractivity contribution in [3.63, 3.8) is 0 Å². The Bertz CT molecular complexity index is 795. The first kappa shape index (κ1) is 16.3. The molecule has 8 heteroatoms. The number of halogens is 1. The fourth-order valence-electron chi connectivity index (χ4n) is 3.17. The van der Waals surface area contributed by atoms with E-state index in [0.29, 0.717) is 18.8 Å². The molecule has 0 radical (unpaired) electrons. The summed E-state index contributed by atoms with van der Waals surface area (Å²) >= 11 is 1.78. The molecule has 2 saturated heterocycles. The summed E-state index contributed by atoms with van der Waals surface area (Å²) in [5, 5.41) is 0. The second-order valence-corrected chi connectivity index (χ2v) is 7.92. The van der Waals surface area contributed by atoms with Crippen LogP contribution in [0.2, 0.25) is 0 Å². The molecule has 2 fully saturated rings. The van der Waals surface area contributed by atoms with Crippen molar-refractivity contribution in [2.75, 3.05) is 18.8 Å². The number of thioether (sulfide) groups is 1. The Labute approximate surface area is 148 Å². The fraction of sp³-hybridized carbons (Fsp3) is 0.412. The molecule has 0 bridgehead atoms. The predicted molar refractivity (Wildman–Crippen MR) is 91.1 cm³/mol. The van der Waals surface area contributed by atoms with Crippen LogP contribution < -0.4 is 4.74 Å². The Balaban J connectivity index is 1.35. The smallest absolute Gasteiger partial charge is 0.274 e. The van der Waals surface area contributed by atoms with Crippen LogP contribution in [-0.2, 0) is 0 Å². The number of carbonyl (C=O) groups is 1. The minimum atomic E-state index is -0.447. The standard InChI is InChI=1S/C17H17FN4O2S/c1-11-6-21-14(7-20-11)16(23)22-9-17(10-22)5-12(8-25-17)24-15-13(18)3-2-4-19-15/h2-4,6-7,12H,5,8-10H2,1H3. The lowest BCUT2D eigenvalue weighted by Crippen LogP contribution is -2.61. The number of aryl methyl sites for hydroxylation is 1. The normalized spacial score (nSPS) is 21.2. The minimum absolute atomic E-state index is 0.0102. The number of rotatable bonds is 3. The zero-order valence-corrected chi connectivity index (χ0v) is 14.5. The Morgan fingerprint density at radius 2 is 2.20 bits per heavy atom. The summed E-state index contributed by atoms with van der Waals surface area (Å²) < 4.78 is 19.3. The lowest BCUT2D eigenvalue weighted by Gasteiger charge is -2.47. The maximum absolute atomic E-state index is 13.7. The van der Waals surface area contributed by atoms with Gasteiger partial charge in [0.05, 0.1) is 16.6 Å². The maximum Gasteiger partial charge on any atom is 0.274 e. The molecule has 4 rings (SSSR count). The highest BCUT2D eigenvalue weighted by Crippen LogP contribution is 2.46. The Hall–Kier alpha value is -2.22. The average Bonchev–Trinajstić information content (AvgIpc) is 3.00. The monoisotopic (exact) mass is 360 g/mol. The zero-order valence-electron chi connectivity index (χ0n) is 13.7. The molecule has 0 aromatic carbocycles. The van der Waals surface area contributed by atoms with Gasteiger partial charge < -0.3 is 9.64 Å². The van der Waals surface area contributed by atoms with Crippen LogP contribution in [0, 0.1) is 12.7 Å². The zero-order chi connectivity index (χ0) is 17.4. The number of aromatic nitrogens is 3. The van der Waals surface area contributed by atoms with E-state index in [1.165, 1.54) is 24.5 Å². The van der Waals surface area contributed by atoms with Gasteiger partial charge in [0.2, 0.25) is 0 Å². The molecule has 0 saturated carbocycles. The van der Waals surface area contributed by atoms with Crippen LogP contribution in [0.5, 0.6) is 5.88 Å². The number of carbonyl (C=O) groups excluding carboxylic acids is 1. The van der Waals surface area contributed by atoms with Gasteiger partial charge in [-0.3, -0.25) is 9.78 Å². The van der Waals surface area contributed by atoms with Gasteiger partial charge in [-0.25, -0.2) is 14.4 Å². The van der Waals surface area contributed by atoms with Crippen LogP contribution in [0.3, 0.4) is 0 Å². The Morgan fingerprint density at radius 3 is 2.92 bits per heavy atom. The predicted octanol–water partition coefficient (Wildman–Crippen LogP) is 2.10. The molecule has 2 aromatic heterocycles. The number of pyridine rings is 1. The van der Waals surface area contributed by atoms with Gasteiger partial charge >= 0.3 is 0 Å². The summed E-state index contributed by atoms with van der Waals surface area (Å²) in [4.78, 5) is 26.4. The van der Waals surface area contributed by atoms with Crippen LogP contribution in [0.4, 0.5) is 4.39 Å². The molecule has 1 unspecified atom stereocenters. The van der Waals surface area contributed by atoms with Crippen molar-refractivity contribution >= 4 is 17.7 Å². The summed E-state index contributed by atoms with van der Waals surface area (Å²) in [5.41, 5.74) is 1.15. The van der Waals surface area contributed by atoms with Crippen LogP contribution in [0.15, 0.2) is 30.7 Å². The van der Waals surface area contributed by atoms with Gasteiger partial charge in [-0.1, -0.05) is 0 Å². The SMILES string of the molecule is Cc1cnc(C(=O)N2CC3(CC(Oc4ncccc4F)CS3)C2)cn1. The lowest BCUT2D eigenvalue weighted by atomic mass is 9.92. The van der Waals surface area contributed by atoms with E-state index in [2.05, 4.69) is 15.0 Å². The van der Waals surface area contributed by atoms with Crippen LogP contribution >= 0.6 is 11.8 Å². The number of nitrogens with zero attached hydrogens (tertiary/aromatic N) is 4. The van der Waals surface area contributed by atoms with Gasteiger partial charge in [0.25, 0.3) is 11.8 Å². The van der Waals surface area contributed by atoms with E-state index in [4.69, 9.17) is 4.74 Å². The van der Waals surface area contributed by atoms with E-state index in [0.717, 1.165) is 17.9 Å². The van der Waals surface area contributed by atoms with Crippen molar-refractivity contribution in [1.82, 2.24) is 19.9 Å². The van der Waals surface area contributed by atoms with Crippen molar-refractivity contribution < 1.29 is 13.9 Å². The van der Waals surface area contributed by atoms with E-state index in [1.807, 2.05) is 6.92 Å². The fourth-order valence-corrected chi connectivity index (χ4v) is 4.70. The summed E-state index contributed by atoms with van der Waals surface area (Å²) in [6, 6.07) is 2.88. The molecule has 1 spiro atoms. The summed E-state index contributed by atoms with van der Waals surface area (Å²) in [6.45, 7) is 3.13. The first-order valence-electron chi connectivity index (χ1n) is 8.04. The largest absolute Gasteiger partial charge is 0.471 e. The van der Waals surface area contributed by atoms with Crippen LogP contribution in [0.25, 0.3) is 0 Å². The first-order valence-corrected chi connectivity index (χ1v) is 9.02. The van der Waals surface area contributed by atoms with Gasteiger partial charge in [0.1, 0.15) is 11.8 Å². The summed E-state index contributed by atoms with van der Waals surface area (Å²) in [6.07, 6.45) is 5.31. The molecule has 4 heterocycles. The third-order valence-electron chi connectivity index (χ3n) is 4.42. The number of hydrogen-bond donors (Lipinski definition) is 0. The second kappa shape index (κ2) is 6.25. The molecule has 2 aromatic rings. The quantitative estimate of drug-likeness (QED) is 0.835. The molecule has 2 aliphatic heterocycles. The number of likely N-dealkylation sites (tertiary alicyclic amines) is 1. The molecule has 0 aliphatic carbocycles. The lowest BCUT2D eigenvalue weighted by molar-refractivity contribution is 0.0507. The van der Waals surface area contributed by atoms with Crippen LogP contribution in [-0.4, -0.2) is 55.5 Å². The molecule has 1 amide bonds. The third-order valence-corrected chi connectivity index (χ3v) is 6.00. The molecule has 130 valence electrons. The minimum Gasteiger partial charge on any atom is -0.471 e. The van der Waals surface area contributed by atoms with Crippen molar-refractivity contribution in [1.29, 1.82) is 0 Å². The summed E-state index contributed by atoms with van der Waals surface area (Å²) in [5.74, 6) is 0.269. The van der Waals surface area contributed by atoms with Crippen LogP contribution in [0.1, 0.15) is 22.6 Å². The highest BCUT2D eigenvalue weighted by molar-refractivity contribution is 8.01. The van der Waals surface area contributed by atoms with Crippen molar-refractivity contribution in [3.8, 4) is 5.88 Å². The maximum atomic E-state index is 13.7. The Morgan fingerprint density at radius 1 is 1.36 bits per heavy atom. The molecule has 6 nitrogen and oxygen atoms in total. The number of amides is 1. The van der Waals surface area contributed by atoms with E-state index in [1.54, 1.807) is 22.9 Å². The van der Waals surface area contributed by atoms with Gasteiger partial charge in [0, 0.05) is 37.7 Å². The number of ether oxygens (including phenoxy) is 1. The highest BCUT2D eigenvalue weighted by Gasteiger charge is 2.51. The third kappa shape index (κ3) is 3.18. The Kier molecular flexibility index (Phi) is 4.07. The van der Waals surface area contributed by atoms with E-state index in [9.17, 15) is 9.18 Å². The van der Waals surface area contributed by atoms with Gasteiger partial charge in [-0.15, -0.1) is 11.8 Å². The number of hydrogen-bond acceptors (Lipinski definition) is 6. The van der Waals surface area contributed by atoms with E-state index in [-0.39, 0.29) is 22.6 Å². The van der Waals surface area contributed by atoms with Gasteiger partial charge in [0.15, 0.2) is 5.82 Å². The summed E-state index contributed by atoms with van der Waals surface area (Å²) in [7, 11) is 0. The molecule has 1 atom stereocenters. The van der Waals surface area contributed by atoms with Crippen molar-refractivity contribution in [2.45, 2.75) is 24.2 Å². The van der Waals surface area contributed by atoms with Gasteiger partial charge in [-0.05, 0) is 19.1 Å². The first-order chi connectivity index (χ1) is 12.0. The molecular formula is C17H17FN4O2S. The van der Waals surface area contributed by atoms with E-state index < -0.39 is 5.82 Å². The highest BCUT2D eigenvalue weighted by atomic mass is 32.2. The van der Waals surface area contributed by atoms with E-state index >= 15 is 0 Å². The topological polar surface area (TPSA) is 68.2 Å². The second-order valence-electron chi connectivity index (χ2n) is 6.43. The van der Waals surface area contributed by atoms with Crippen molar-refractivity contribution in [2.24, 2.45) is 0 Å².